The number of piperazine rings is 1. The number of nitrogens with zero attached hydrogens (tertiary/aromatic N) is 1. The van der Waals surface area contributed by atoms with Gasteiger partial charge in [-0.05, 0) is 12.1 Å². The minimum absolute atomic E-state index is 0.206. The second kappa shape index (κ2) is 6.82. The lowest BCUT2D eigenvalue weighted by Crippen LogP contribution is -2.46. The fourth-order valence-electron chi connectivity index (χ4n) is 2.55. The number of hydrogen-bond acceptors (Lipinski definition) is 6. The van der Waals surface area contributed by atoms with E-state index in [4.69, 9.17) is 9.47 Å². The van der Waals surface area contributed by atoms with E-state index >= 15 is 0 Å². The Balaban J connectivity index is 1.60. The van der Waals surface area contributed by atoms with Gasteiger partial charge in [0.2, 0.25) is 10.0 Å². The Labute approximate surface area is 130 Å². The molecule has 7 nitrogen and oxygen atoms in total. The zero-order valence-electron chi connectivity index (χ0n) is 12.4. The van der Waals surface area contributed by atoms with Gasteiger partial charge in [0.05, 0.1) is 4.90 Å². The number of benzene rings is 1. The SMILES string of the molecule is O=S(=O)(NCCN1CCNCC1)c1ccc2c(c1)OCCO2. The molecule has 2 aliphatic rings. The summed E-state index contributed by atoms with van der Waals surface area (Å²) in [6, 6.07) is 4.70. The van der Waals surface area contributed by atoms with Crippen molar-refractivity contribution in [1.82, 2.24) is 14.9 Å². The highest BCUT2D eigenvalue weighted by atomic mass is 32.2. The maximum absolute atomic E-state index is 12.3. The van der Waals surface area contributed by atoms with Gasteiger partial charge in [0.1, 0.15) is 13.2 Å². The van der Waals surface area contributed by atoms with E-state index in [0.717, 1.165) is 26.2 Å². The van der Waals surface area contributed by atoms with Crippen molar-refractivity contribution in [3.63, 3.8) is 0 Å². The molecule has 22 heavy (non-hydrogen) atoms. The highest BCUT2D eigenvalue weighted by molar-refractivity contribution is 7.89. The Kier molecular flexibility index (Phi) is 4.82. The molecule has 0 unspecified atom stereocenters. The third-order valence-corrected chi connectivity index (χ3v) is 5.21. The minimum atomic E-state index is -3.52. The van der Waals surface area contributed by atoms with Crippen LogP contribution in [0.15, 0.2) is 23.1 Å². The van der Waals surface area contributed by atoms with E-state index in [9.17, 15) is 8.42 Å². The normalized spacial score (nSPS) is 19.1. The van der Waals surface area contributed by atoms with Crippen molar-refractivity contribution in [2.24, 2.45) is 0 Å². The molecule has 0 amide bonds. The fraction of sp³-hybridized carbons (Fsp3) is 0.571. The Bertz CT molecular complexity index is 615. The molecule has 0 spiro atoms. The predicted molar refractivity (Wildman–Crippen MR) is 81.9 cm³/mol. The van der Waals surface area contributed by atoms with Crippen molar-refractivity contribution in [3.8, 4) is 11.5 Å². The zero-order valence-corrected chi connectivity index (χ0v) is 13.2. The van der Waals surface area contributed by atoms with Gasteiger partial charge in [0.15, 0.2) is 11.5 Å². The zero-order chi connectivity index (χ0) is 15.4. The second-order valence-electron chi connectivity index (χ2n) is 5.29. The summed E-state index contributed by atoms with van der Waals surface area (Å²) < 4.78 is 38.1. The summed E-state index contributed by atoms with van der Waals surface area (Å²) in [5, 5.41) is 3.27. The molecule has 122 valence electrons. The molecule has 2 heterocycles. The largest absolute Gasteiger partial charge is 0.486 e. The highest BCUT2D eigenvalue weighted by Crippen LogP contribution is 2.32. The van der Waals surface area contributed by atoms with E-state index < -0.39 is 10.0 Å². The van der Waals surface area contributed by atoms with Crippen LogP contribution in [-0.4, -0.2) is 65.8 Å². The number of fused-ring (bicyclic) bond motifs is 1. The third-order valence-electron chi connectivity index (χ3n) is 3.75. The maximum Gasteiger partial charge on any atom is 0.240 e. The summed E-state index contributed by atoms with van der Waals surface area (Å²) in [6.45, 7) is 5.85. The molecule has 1 saturated heterocycles. The third kappa shape index (κ3) is 3.70. The van der Waals surface area contributed by atoms with Crippen LogP contribution in [0.2, 0.25) is 0 Å². The Morgan fingerprint density at radius 1 is 1.14 bits per heavy atom. The first-order chi connectivity index (χ1) is 10.6. The van der Waals surface area contributed by atoms with E-state index in [0.29, 0.717) is 37.8 Å². The van der Waals surface area contributed by atoms with E-state index in [1.807, 2.05) is 0 Å². The lowest BCUT2D eigenvalue weighted by molar-refractivity contribution is 0.171. The summed E-state index contributed by atoms with van der Waals surface area (Å²) in [7, 11) is -3.52. The van der Waals surface area contributed by atoms with Crippen molar-refractivity contribution in [2.75, 3.05) is 52.5 Å². The average Bonchev–Trinajstić information content (AvgIpc) is 2.55. The van der Waals surface area contributed by atoms with Crippen molar-refractivity contribution >= 4 is 10.0 Å². The van der Waals surface area contributed by atoms with Crippen LogP contribution in [0.1, 0.15) is 0 Å². The molecule has 2 aliphatic heterocycles. The molecule has 0 bridgehead atoms. The molecule has 0 aliphatic carbocycles. The molecule has 0 radical (unpaired) electrons. The number of nitrogens with one attached hydrogen (secondary N) is 2. The lowest BCUT2D eigenvalue weighted by Gasteiger charge is -2.27. The lowest BCUT2D eigenvalue weighted by atomic mass is 10.3. The maximum atomic E-state index is 12.3. The number of rotatable bonds is 5. The van der Waals surface area contributed by atoms with Crippen molar-refractivity contribution in [2.45, 2.75) is 4.90 Å². The van der Waals surface area contributed by atoms with Gasteiger partial charge in [0.25, 0.3) is 0 Å². The van der Waals surface area contributed by atoms with Crippen LogP contribution < -0.4 is 19.5 Å². The molecule has 3 rings (SSSR count). The summed E-state index contributed by atoms with van der Waals surface area (Å²) in [4.78, 5) is 2.44. The van der Waals surface area contributed by atoms with Crippen molar-refractivity contribution in [1.29, 1.82) is 0 Å². The first-order valence-electron chi connectivity index (χ1n) is 7.47. The van der Waals surface area contributed by atoms with E-state index in [-0.39, 0.29) is 4.90 Å². The molecule has 1 aromatic rings. The van der Waals surface area contributed by atoms with Gasteiger partial charge in [-0.2, -0.15) is 0 Å². The monoisotopic (exact) mass is 327 g/mol. The summed E-state index contributed by atoms with van der Waals surface area (Å²) in [5.41, 5.74) is 0. The molecule has 8 heteroatoms. The first-order valence-corrected chi connectivity index (χ1v) is 8.96. The van der Waals surface area contributed by atoms with Crippen molar-refractivity contribution in [3.05, 3.63) is 18.2 Å². The second-order valence-corrected chi connectivity index (χ2v) is 7.06. The average molecular weight is 327 g/mol. The fourth-order valence-corrected chi connectivity index (χ4v) is 3.58. The van der Waals surface area contributed by atoms with Gasteiger partial charge in [-0.3, -0.25) is 4.90 Å². The topological polar surface area (TPSA) is 79.9 Å². The molecule has 1 fully saturated rings. The standard InChI is InChI=1S/C14H21N3O4S/c18-22(19,16-5-8-17-6-3-15-4-7-17)12-1-2-13-14(11-12)21-10-9-20-13/h1-2,11,15-16H,3-10H2. The van der Waals surface area contributed by atoms with E-state index in [1.54, 1.807) is 12.1 Å². The van der Waals surface area contributed by atoms with Gasteiger partial charge in [0, 0.05) is 45.3 Å². The summed E-state index contributed by atoms with van der Waals surface area (Å²) in [5.74, 6) is 1.07. The van der Waals surface area contributed by atoms with Crippen LogP contribution in [-0.2, 0) is 10.0 Å². The molecule has 1 aromatic carbocycles. The van der Waals surface area contributed by atoms with Crippen LogP contribution in [0.3, 0.4) is 0 Å². The van der Waals surface area contributed by atoms with Gasteiger partial charge in [-0.1, -0.05) is 0 Å². The van der Waals surface area contributed by atoms with Crippen LogP contribution in [0.4, 0.5) is 0 Å². The van der Waals surface area contributed by atoms with Crippen LogP contribution >= 0.6 is 0 Å². The quantitative estimate of drug-likeness (QED) is 0.769. The van der Waals surface area contributed by atoms with E-state index in [1.165, 1.54) is 6.07 Å². The van der Waals surface area contributed by atoms with Gasteiger partial charge in [-0.25, -0.2) is 13.1 Å². The van der Waals surface area contributed by atoms with Crippen LogP contribution in [0.5, 0.6) is 11.5 Å². The number of ether oxygens (including phenoxy) is 2. The highest BCUT2D eigenvalue weighted by Gasteiger charge is 2.19. The summed E-state index contributed by atoms with van der Waals surface area (Å²) in [6.07, 6.45) is 0. The first kappa shape index (κ1) is 15.5. The Hall–Kier alpha value is -1.35. The Morgan fingerprint density at radius 2 is 1.86 bits per heavy atom. The van der Waals surface area contributed by atoms with Gasteiger partial charge in [-0.15, -0.1) is 0 Å². The smallest absolute Gasteiger partial charge is 0.240 e. The molecule has 2 N–H and O–H groups in total. The van der Waals surface area contributed by atoms with E-state index in [2.05, 4.69) is 14.9 Å². The number of hydrogen-bond donors (Lipinski definition) is 2. The van der Waals surface area contributed by atoms with Crippen LogP contribution in [0, 0.1) is 0 Å². The molecule has 0 saturated carbocycles. The Morgan fingerprint density at radius 3 is 2.64 bits per heavy atom. The number of sulfonamides is 1. The predicted octanol–water partition coefficient (Wildman–Crippen LogP) is -0.359. The minimum Gasteiger partial charge on any atom is -0.486 e. The van der Waals surface area contributed by atoms with Crippen molar-refractivity contribution < 1.29 is 17.9 Å². The summed E-state index contributed by atoms with van der Waals surface area (Å²) >= 11 is 0. The van der Waals surface area contributed by atoms with Gasteiger partial charge >= 0.3 is 0 Å². The van der Waals surface area contributed by atoms with Gasteiger partial charge < -0.3 is 14.8 Å². The van der Waals surface area contributed by atoms with Crippen LogP contribution in [0.25, 0.3) is 0 Å². The molecule has 0 aromatic heterocycles. The molecular formula is C14H21N3O4S. The molecular weight excluding hydrogens is 306 g/mol. The molecule has 0 atom stereocenters.